The topological polar surface area (TPSA) is 51.2 Å². The van der Waals surface area contributed by atoms with Crippen LogP contribution in [0.15, 0.2) is 72.8 Å². The van der Waals surface area contributed by atoms with Crippen LogP contribution < -0.4 is 0 Å². The van der Waals surface area contributed by atoms with Gasteiger partial charge in [-0.1, -0.05) is 141 Å². The van der Waals surface area contributed by atoms with Gasteiger partial charge in [0.15, 0.2) is 17.3 Å². The maximum Gasteiger partial charge on any atom is 0.178 e. The number of carbonyl (C=O) groups excluding carboxylic acids is 3. The molecule has 0 N–H and O–H groups in total. The third-order valence-electron chi connectivity index (χ3n) is 6.79. The minimum absolute atomic E-state index is 0.0833. The minimum atomic E-state index is -0.579. The van der Waals surface area contributed by atoms with E-state index in [1.807, 2.05) is 114 Å². The lowest BCUT2D eigenvalue weighted by Crippen LogP contribution is -2.28. The summed E-state index contributed by atoms with van der Waals surface area (Å²) in [6.45, 7) is 13.6. The van der Waals surface area contributed by atoms with Crippen LogP contribution >= 0.6 is 67.8 Å². The molecule has 3 aromatic carbocycles. The highest BCUT2D eigenvalue weighted by Gasteiger charge is 2.34. The van der Waals surface area contributed by atoms with Gasteiger partial charge in [-0.05, 0) is 65.2 Å². The van der Waals surface area contributed by atoms with Gasteiger partial charge >= 0.3 is 0 Å². The SMILES string of the molecule is CC(C)(I)C(=O)c1ccc(C(C)(c2ccc(C(=O)C(C)(C)I)cc2)c2ccc(C(=O)C(C)(C)I)cc2)cc1. The van der Waals surface area contributed by atoms with Crippen LogP contribution in [0.3, 0.4) is 0 Å². The summed E-state index contributed by atoms with van der Waals surface area (Å²) in [6.07, 6.45) is 0. The Morgan fingerprint density at radius 2 is 0.605 bits per heavy atom. The minimum Gasteiger partial charge on any atom is -0.293 e. The van der Waals surface area contributed by atoms with E-state index in [-0.39, 0.29) is 17.3 Å². The lowest BCUT2D eigenvalue weighted by Gasteiger charge is -2.32. The Labute approximate surface area is 267 Å². The summed E-state index contributed by atoms with van der Waals surface area (Å²) < 4.78 is -1.48. The number of carbonyl (C=O) groups is 3. The largest absolute Gasteiger partial charge is 0.293 e. The monoisotopic (exact) mass is 846 g/mol. The first-order valence-corrected chi connectivity index (χ1v) is 15.6. The van der Waals surface area contributed by atoms with Crippen molar-refractivity contribution < 1.29 is 14.4 Å². The Balaban J connectivity index is 2.15. The van der Waals surface area contributed by atoms with Crippen LogP contribution in [0.1, 0.15) is 96.2 Å². The van der Waals surface area contributed by atoms with Gasteiger partial charge in [0.25, 0.3) is 0 Å². The molecular formula is C32H33I3O3. The molecule has 200 valence electrons. The smallest absolute Gasteiger partial charge is 0.178 e. The summed E-state index contributed by atoms with van der Waals surface area (Å²) in [7, 11) is 0. The Morgan fingerprint density at radius 3 is 0.763 bits per heavy atom. The summed E-state index contributed by atoms with van der Waals surface area (Å²) in [5.74, 6) is 0.250. The van der Waals surface area contributed by atoms with E-state index in [9.17, 15) is 14.4 Å². The van der Waals surface area contributed by atoms with Crippen molar-refractivity contribution in [1.29, 1.82) is 0 Å². The zero-order valence-corrected chi connectivity index (χ0v) is 29.3. The molecule has 0 spiro atoms. The molecule has 0 bridgehead atoms. The highest BCUT2D eigenvalue weighted by molar-refractivity contribution is 14.1. The Hall–Kier alpha value is -1.14. The zero-order valence-electron chi connectivity index (χ0n) is 22.8. The second-order valence-electron chi connectivity index (χ2n) is 11.3. The Morgan fingerprint density at radius 1 is 0.421 bits per heavy atom. The van der Waals surface area contributed by atoms with Gasteiger partial charge in [-0.3, -0.25) is 14.4 Å². The molecule has 38 heavy (non-hydrogen) atoms. The Kier molecular flexibility index (Phi) is 9.41. The first-order chi connectivity index (χ1) is 17.4. The number of hydrogen-bond donors (Lipinski definition) is 0. The molecule has 0 amide bonds. The highest BCUT2D eigenvalue weighted by Crippen LogP contribution is 2.40. The zero-order chi connectivity index (χ0) is 28.7. The van der Waals surface area contributed by atoms with E-state index in [1.54, 1.807) is 0 Å². The second-order valence-corrected chi connectivity index (χ2v) is 19.4. The average molecular weight is 846 g/mol. The average Bonchev–Trinajstić information content (AvgIpc) is 2.85. The number of benzene rings is 3. The van der Waals surface area contributed by atoms with Gasteiger partial charge in [-0.25, -0.2) is 0 Å². The number of hydrogen-bond acceptors (Lipinski definition) is 3. The van der Waals surface area contributed by atoms with Gasteiger partial charge in [-0.15, -0.1) is 0 Å². The van der Waals surface area contributed by atoms with E-state index in [0.717, 1.165) is 16.7 Å². The van der Waals surface area contributed by atoms with Crippen LogP contribution in [0.4, 0.5) is 0 Å². The van der Waals surface area contributed by atoms with Crippen LogP contribution in [0.25, 0.3) is 0 Å². The van der Waals surface area contributed by atoms with E-state index in [0.29, 0.717) is 16.7 Å². The first-order valence-electron chi connectivity index (χ1n) is 12.4. The summed E-state index contributed by atoms with van der Waals surface area (Å²) in [5.41, 5.74) is 4.48. The third-order valence-corrected chi connectivity index (χ3v) is 8.26. The normalized spacial score (nSPS) is 12.8. The first kappa shape index (κ1) is 31.4. The van der Waals surface area contributed by atoms with Gasteiger partial charge in [0.05, 0.1) is 10.3 Å². The van der Waals surface area contributed by atoms with Gasteiger partial charge < -0.3 is 0 Å². The van der Waals surface area contributed by atoms with E-state index in [1.165, 1.54) is 0 Å². The fraction of sp³-hybridized carbons (Fsp3) is 0.344. The van der Waals surface area contributed by atoms with E-state index in [2.05, 4.69) is 74.7 Å². The van der Waals surface area contributed by atoms with Crippen molar-refractivity contribution in [2.45, 2.75) is 64.1 Å². The third kappa shape index (κ3) is 6.77. The fourth-order valence-electron chi connectivity index (χ4n) is 4.39. The Bertz CT molecular complexity index is 1170. The van der Waals surface area contributed by atoms with Crippen molar-refractivity contribution in [3.05, 3.63) is 106 Å². The van der Waals surface area contributed by atoms with Crippen LogP contribution in [0.2, 0.25) is 0 Å². The molecule has 0 fully saturated rings. The summed E-state index contributed by atoms with van der Waals surface area (Å²) in [6, 6.07) is 23.4. The number of alkyl halides is 3. The summed E-state index contributed by atoms with van der Waals surface area (Å²) in [4.78, 5) is 38.6. The van der Waals surface area contributed by atoms with E-state index >= 15 is 0 Å². The molecular weight excluding hydrogens is 813 g/mol. The lowest BCUT2D eigenvalue weighted by atomic mass is 9.70. The molecule has 0 heterocycles. The van der Waals surface area contributed by atoms with Crippen molar-refractivity contribution >= 4 is 85.1 Å². The molecule has 0 radical (unpaired) electrons. The molecule has 0 saturated carbocycles. The highest BCUT2D eigenvalue weighted by atomic mass is 127. The predicted molar refractivity (Wildman–Crippen MR) is 182 cm³/mol. The molecule has 0 aromatic heterocycles. The van der Waals surface area contributed by atoms with Crippen LogP contribution in [-0.4, -0.2) is 27.6 Å². The molecule has 0 aliphatic rings. The summed E-state index contributed by atoms with van der Waals surface area (Å²) >= 11 is 6.51. The van der Waals surface area contributed by atoms with Crippen LogP contribution in [0, 0.1) is 0 Å². The van der Waals surface area contributed by atoms with Crippen molar-refractivity contribution in [3.8, 4) is 0 Å². The van der Waals surface area contributed by atoms with Gasteiger partial charge in [-0.2, -0.15) is 0 Å². The molecule has 3 nitrogen and oxygen atoms in total. The standard InChI is InChI=1S/C32H33I3O3/c1-29(2,33)26(36)20-8-14-23(15-9-20)32(7,24-16-10-21(11-17-24)27(37)30(3,4)34)25-18-12-22(13-19-25)28(38)31(5,6)35/h8-19H,1-7H3. The maximum atomic E-state index is 12.9. The number of Topliss-reactive ketones (excluding diaryl/α,β-unsaturated/α-hetero) is 3. The maximum absolute atomic E-state index is 12.9. The number of rotatable bonds is 9. The van der Waals surface area contributed by atoms with E-state index in [4.69, 9.17) is 0 Å². The fourth-order valence-corrected chi connectivity index (χ4v) is 5.33. The molecule has 0 unspecified atom stereocenters. The van der Waals surface area contributed by atoms with Crippen molar-refractivity contribution in [1.82, 2.24) is 0 Å². The number of ketones is 3. The van der Waals surface area contributed by atoms with Crippen molar-refractivity contribution in [3.63, 3.8) is 0 Å². The molecule has 0 atom stereocenters. The molecule has 6 heteroatoms. The molecule has 3 aromatic rings. The lowest BCUT2D eigenvalue weighted by molar-refractivity contribution is 0.0958. The van der Waals surface area contributed by atoms with Crippen LogP contribution in [0.5, 0.6) is 0 Å². The molecule has 3 rings (SSSR count). The quantitative estimate of drug-likeness (QED) is 0.0935. The second kappa shape index (κ2) is 11.4. The van der Waals surface area contributed by atoms with Crippen molar-refractivity contribution in [2.75, 3.05) is 0 Å². The van der Waals surface area contributed by atoms with E-state index < -0.39 is 15.7 Å². The summed E-state index contributed by atoms with van der Waals surface area (Å²) in [5, 5.41) is 0. The van der Waals surface area contributed by atoms with Gasteiger partial charge in [0.2, 0.25) is 0 Å². The molecule has 0 saturated heterocycles. The number of halogens is 3. The van der Waals surface area contributed by atoms with Crippen LogP contribution in [-0.2, 0) is 5.41 Å². The van der Waals surface area contributed by atoms with Gasteiger partial charge in [0, 0.05) is 22.1 Å². The molecule has 0 aliphatic carbocycles. The van der Waals surface area contributed by atoms with Crippen molar-refractivity contribution in [2.24, 2.45) is 0 Å². The van der Waals surface area contributed by atoms with Gasteiger partial charge in [0.1, 0.15) is 0 Å². The molecule has 0 aliphatic heterocycles. The predicted octanol–water partition coefficient (Wildman–Crippen LogP) is 9.23.